The number of carbonyl (C=O) groups is 1. The molecule has 1 aromatic heterocycles. The van der Waals surface area contributed by atoms with Crippen LogP contribution >= 0.6 is 0 Å². The van der Waals surface area contributed by atoms with Crippen LogP contribution in [0.5, 0.6) is 0 Å². The second-order valence-corrected chi connectivity index (χ2v) is 6.49. The molecule has 2 N–H and O–H groups in total. The maximum absolute atomic E-state index is 12.4. The summed E-state index contributed by atoms with van der Waals surface area (Å²) in [5, 5.41) is 3.15. The van der Waals surface area contributed by atoms with E-state index in [9.17, 15) is 4.79 Å². The Labute approximate surface area is 141 Å². The molecule has 0 spiro atoms. The van der Waals surface area contributed by atoms with E-state index in [0.717, 1.165) is 35.3 Å². The maximum atomic E-state index is 12.4. The quantitative estimate of drug-likeness (QED) is 0.756. The summed E-state index contributed by atoms with van der Waals surface area (Å²) in [4.78, 5) is 20.3. The zero-order chi connectivity index (χ0) is 16.4. The molecule has 3 aromatic rings. The van der Waals surface area contributed by atoms with E-state index >= 15 is 0 Å². The van der Waals surface area contributed by atoms with Gasteiger partial charge in [0.15, 0.2) is 0 Å². The molecule has 24 heavy (non-hydrogen) atoms. The third-order valence-corrected chi connectivity index (χ3v) is 4.75. The van der Waals surface area contributed by atoms with Gasteiger partial charge in [0.05, 0.1) is 11.0 Å². The minimum absolute atomic E-state index is 0.0260. The van der Waals surface area contributed by atoms with Crippen LogP contribution in [0.1, 0.15) is 42.5 Å². The van der Waals surface area contributed by atoms with Gasteiger partial charge >= 0.3 is 0 Å². The number of carbonyl (C=O) groups excluding carboxylic acids is 1. The van der Waals surface area contributed by atoms with Crippen LogP contribution < -0.4 is 5.32 Å². The standard InChI is InChI=1S/C20H21N3O/c24-20(21-16-6-2-1-3-7-16)15-12-10-14(11-13-15)19-22-17-8-4-5-9-18(17)23-19/h4-5,8-13,16H,1-3,6-7H2,(H,21,24)(H,22,23). The normalized spacial score (nSPS) is 15.5. The van der Waals surface area contributed by atoms with Crippen LogP contribution in [0, 0.1) is 0 Å². The highest BCUT2D eigenvalue weighted by Crippen LogP contribution is 2.21. The monoisotopic (exact) mass is 319 g/mol. The molecule has 0 bridgehead atoms. The molecule has 122 valence electrons. The molecule has 1 saturated carbocycles. The number of amides is 1. The number of imidazole rings is 1. The number of hydrogen-bond donors (Lipinski definition) is 2. The van der Waals surface area contributed by atoms with Crippen molar-refractivity contribution < 1.29 is 4.79 Å². The topological polar surface area (TPSA) is 57.8 Å². The van der Waals surface area contributed by atoms with Crippen LogP contribution in [0.15, 0.2) is 48.5 Å². The van der Waals surface area contributed by atoms with Gasteiger partial charge in [-0.3, -0.25) is 4.79 Å². The fourth-order valence-electron chi connectivity index (χ4n) is 3.38. The minimum Gasteiger partial charge on any atom is -0.349 e. The Bertz CT molecular complexity index is 812. The highest BCUT2D eigenvalue weighted by atomic mass is 16.1. The largest absolute Gasteiger partial charge is 0.349 e. The van der Waals surface area contributed by atoms with E-state index in [0.29, 0.717) is 11.6 Å². The van der Waals surface area contributed by atoms with Gasteiger partial charge < -0.3 is 10.3 Å². The molecular formula is C20H21N3O. The van der Waals surface area contributed by atoms with Gasteiger partial charge in [0.1, 0.15) is 5.82 Å². The lowest BCUT2D eigenvalue weighted by Crippen LogP contribution is -2.36. The molecule has 1 heterocycles. The lowest BCUT2D eigenvalue weighted by molar-refractivity contribution is 0.0927. The lowest BCUT2D eigenvalue weighted by atomic mass is 9.95. The van der Waals surface area contributed by atoms with Crippen molar-refractivity contribution in [2.24, 2.45) is 0 Å². The van der Waals surface area contributed by atoms with Crippen molar-refractivity contribution in [1.82, 2.24) is 15.3 Å². The molecule has 1 amide bonds. The molecule has 0 radical (unpaired) electrons. The average molecular weight is 319 g/mol. The van der Waals surface area contributed by atoms with Gasteiger partial charge in [-0.1, -0.05) is 43.5 Å². The Morgan fingerprint density at radius 2 is 1.75 bits per heavy atom. The number of fused-ring (bicyclic) bond motifs is 1. The van der Waals surface area contributed by atoms with E-state index in [4.69, 9.17) is 0 Å². The predicted molar refractivity (Wildman–Crippen MR) is 95.9 cm³/mol. The molecule has 0 atom stereocenters. The van der Waals surface area contributed by atoms with E-state index in [1.54, 1.807) is 0 Å². The first-order valence-electron chi connectivity index (χ1n) is 8.66. The first-order valence-corrected chi connectivity index (χ1v) is 8.66. The van der Waals surface area contributed by atoms with Crippen LogP contribution in [0.4, 0.5) is 0 Å². The van der Waals surface area contributed by atoms with E-state index in [1.807, 2.05) is 48.5 Å². The van der Waals surface area contributed by atoms with Crippen molar-refractivity contribution in [2.75, 3.05) is 0 Å². The molecule has 0 aliphatic heterocycles. The van der Waals surface area contributed by atoms with Crippen LogP contribution in [0.2, 0.25) is 0 Å². The molecule has 1 fully saturated rings. The number of nitrogens with zero attached hydrogens (tertiary/aromatic N) is 1. The van der Waals surface area contributed by atoms with Crippen molar-refractivity contribution in [3.8, 4) is 11.4 Å². The van der Waals surface area contributed by atoms with Crippen molar-refractivity contribution in [3.05, 3.63) is 54.1 Å². The van der Waals surface area contributed by atoms with E-state index < -0.39 is 0 Å². The molecule has 1 aliphatic carbocycles. The first kappa shape index (κ1) is 14.9. The van der Waals surface area contributed by atoms with E-state index in [-0.39, 0.29) is 5.91 Å². The number of aromatic nitrogens is 2. The molecule has 4 rings (SSSR count). The third kappa shape index (κ3) is 3.04. The molecule has 1 aliphatic rings. The van der Waals surface area contributed by atoms with Crippen LogP contribution in [0.25, 0.3) is 22.4 Å². The molecule has 0 unspecified atom stereocenters. The van der Waals surface area contributed by atoms with Gasteiger partial charge in [-0.25, -0.2) is 4.98 Å². The summed E-state index contributed by atoms with van der Waals surface area (Å²) in [5.74, 6) is 0.855. The number of benzene rings is 2. The molecule has 4 heteroatoms. The van der Waals surface area contributed by atoms with Crippen LogP contribution in [-0.4, -0.2) is 21.9 Å². The number of hydrogen-bond acceptors (Lipinski definition) is 2. The summed E-state index contributed by atoms with van der Waals surface area (Å²) in [6.07, 6.45) is 5.93. The third-order valence-electron chi connectivity index (χ3n) is 4.75. The van der Waals surface area contributed by atoms with Gasteiger partial charge in [0, 0.05) is 17.2 Å². The number of rotatable bonds is 3. The predicted octanol–water partition coefficient (Wildman–Crippen LogP) is 4.29. The first-order chi connectivity index (χ1) is 11.8. The van der Waals surface area contributed by atoms with Crippen LogP contribution in [-0.2, 0) is 0 Å². The maximum Gasteiger partial charge on any atom is 0.251 e. The fourth-order valence-corrected chi connectivity index (χ4v) is 3.38. The van der Waals surface area contributed by atoms with Gasteiger partial charge in [-0.2, -0.15) is 0 Å². The number of aromatic amines is 1. The molecule has 4 nitrogen and oxygen atoms in total. The highest BCUT2D eigenvalue weighted by molar-refractivity contribution is 5.94. The van der Waals surface area contributed by atoms with Gasteiger partial charge in [-0.05, 0) is 37.1 Å². The average Bonchev–Trinajstić information content (AvgIpc) is 3.07. The summed E-state index contributed by atoms with van der Waals surface area (Å²) in [6, 6.07) is 16.0. The minimum atomic E-state index is 0.0260. The van der Waals surface area contributed by atoms with Crippen molar-refractivity contribution in [3.63, 3.8) is 0 Å². The number of H-pyrrole nitrogens is 1. The van der Waals surface area contributed by atoms with Crippen molar-refractivity contribution in [1.29, 1.82) is 0 Å². The Morgan fingerprint density at radius 3 is 2.50 bits per heavy atom. The van der Waals surface area contributed by atoms with E-state index in [2.05, 4.69) is 15.3 Å². The lowest BCUT2D eigenvalue weighted by Gasteiger charge is -2.22. The second kappa shape index (κ2) is 6.48. The van der Waals surface area contributed by atoms with Gasteiger partial charge in [0.25, 0.3) is 5.91 Å². The smallest absolute Gasteiger partial charge is 0.251 e. The Balaban J connectivity index is 1.50. The van der Waals surface area contributed by atoms with Crippen LogP contribution in [0.3, 0.4) is 0 Å². The Morgan fingerprint density at radius 1 is 1.00 bits per heavy atom. The van der Waals surface area contributed by atoms with Crippen molar-refractivity contribution >= 4 is 16.9 Å². The van der Waals surface area contributed by atoms with Gasteiger partial charge in [-0.15, -0.1) is 0 Å². The summed E-state index contributed by atoms with van der Waals surface area (Å²) in [6.45, 7) is 0. The Hall–Kier alpha value is -2.62. The van der Waals surface area contributed by atoms with Gasteiger partial charge in [0.2, 0.25) is 0 Å². The summed E-state index contributed by atoms with van der Waals surface area (Å²) in [7, 11) is 0. The SMILES string of the molecule is O=C(NC1CCCCC1)c1ccc(-c2nc3ccccc3[nH]2)cc1. The summed E-state index contributed by atoms with van der Waals surface area (Å²) in [5.41, 5.74) is 3.67. The number of para-hydroxylation sites is 2. The highest BCUT2D eigenvalue weighted by Gasteiger charge is 2.16. The number of nitrogens with one attached hydrogen (secondary N) is 2. The van der Waals surface area contributed by atoms with E-state index in [1.165, 1.54) is 19.3 Å². The summed E-state index contributed by atoms with van der Waals surface area (Å²) < 4.78 is 0. The molecule has 0 saturated heterocycles. The Kier molecular flexibility index (Phi) is 4.03. The summed E-state index contributed by atoms with van der Waals surface area (Å²) >= 11 is 0. The van der Waals surface area contributed by atoms with Crippen molar-refractivity contribution in [2.45, 2.75) is 38.1 Å². The zero-order valence-electron chi connectivity index (χ0n) is 13.6. The fraction of sp³-hybridized carbons (Fsp3) is 0.300. The second-order valence-electron chi connectivity index (χ2n) is 6.49. The molecular weight excluding hydrogens is 298 g/mol. The molecule has 2 aromatic carbocycles. The zero-order valence-corrected chi connectivity index (χ0v) is 13.6.